The number of aromatic nitrogens is 3. The van der Waals surface area contributed by atoms with Crippen molar-refractivity contribution in [1.29, 1.82) is 0 Å². The van der Waals surface area contributed by atoms with Crippen molar-refractivity contribution in [3.05, 3.63) is 107 Å². The summed E-state index contributed by atoms with van der Waals surface area (Å²) in [5.74, 6) is 0.135. The molecule has 0 saturated carbocycles. The monoisotopic (exact) mass is 456 g/mol. The maximum absolute atomic E-state index is 14.4. The molecule has 0 saturated heterocycles. The molecule has 7 heteroatoms. The van der Waals surface area contributed by atoms with Gasteiger partial charge in [0.1, 0.15) is 23.9 Å². The number of nitrogens with one attached hydrogen (secondary N) is 1. The summed E-state index contributed by atoms with van der Waals surface area (Å²) in [6.45, 7) is 2.37. The van der Waals surface area contributed by atoms with Crippen LogP contribution in [0.2, 0.25) is 0 Å². The van der Waals surface area contributed by atoms with Crippen LogP contribution in [0.25, 0.3) is 5.69 Å². The number of pyridine rings is 1. The lowest BCUT2D eigenvalue weighted by Crippen LogP contribution is -2.28. The molecule has 172 valence electrons. The summed E-state index contributed by atoms with van der Waals surface area (Å²) in [7, 11) is 0. The molecule has 1 unspecified atom stereocenters. The fourth-order valence-corrected chi connectivity index (χ4v) is 4.29. The predicted octanol–water partition coefficient (Wildman–Crippen LogP) is 4.97. The lowest BCUT2D eigenvalue weighted by molar-refractivity contribution is 0.0933. The number of hydrogen-bond acceptors (Lipinski definition) is 4. The number of fused-ring (bicyclic) bond motifs is 1. The number of carbonyl (C=O) groups is 1. The van der Waals surface area contributed by atoms with Crippen molar-refractivity contribution in [2.75, 3.05) is 0 Å². The highest BCUT2D eigenvalue weighted by molar-refractivity contribution is 5.94. The second-order valence-corrected chi connectivity index (χ2v) is 8.40. The predicted molar refractivity (Wildman–Crippen MR) is 126 cm³/mol. The van der Waals surface area contributed by atoms with Gasteiger partial charge in [0.05, 0.1) is 6.04 Å². The third-order valence-corrected chi connectivity index (χ3v) is 6.08. The Morgan fingerprint density at radius 1 is 1.12 bits per heavy atom. The first-order chi connectivity index (χ1) is 16.6. The number of halogens is 1. The van der Waals surface area contributed by atoms with Crippen LogP contribution in [0, 0.1) is 5.82 Å². The number of para-hydroxylation sites is 1. The van der Waals surface area contributed by atoms with E-state index in [1.54, 1.807) is 35.3 Å². The lowest BCUT2D eigenvalue weighted by Gasteiger charge is -2.15. The van der Waals surface area contributed by atoms with E-state index in [0.717, 1.165) is 47.4 Å². The average Bonchev–Trinajstić information content (AvgIpc) is 3.47. The lowest BCUT2D eigenvalue weighted by atomic mass is 10.1. The van der Waals surface area contributed by atoms with Crippen molar-refractivity contribution < 1.29 is 13.9 Å². The molecule has 6 nitrogen and oxygen atoms in total. The van der Waals surface area contributed by atoms with E-state index in [1.807, 2.05) is 43.3 Å². The Labute approximate surface area is 197 Å². The average molecular weight is 457 g/mol. The molecule has 0 spiro atoms. The van der Waals surface area contributed by atoms with Crippen LogP contribution in [0.1, 0.15) is 52.3 Å². The number of amides is 1. The topological polar surface area (TPSA) is 69.0 Å². The van der Waals surface area contributed by atoms with Gasteiger partial charge in [-0.1, -0.05) is 30.3 Å². The smallest absolute Gasteiger partial charge is 0.272 e. The van der Waals surface area contributed by atoms with Gasteiger partial charge in [0.2, 0.25) is 0 Å². The molecule has 0 radical (unpaired) electrons. The molecular formula is C27H25FN4O2. The summed E-state index contributed by atoms with van der Waals surface area (Å²) in [5, 5.41) is 7.56. The van der Waals surface area contributed by atoms with Crippen molar-refractivity contribution in [3.8, 4) is 11.4 Å². The van der Waals surface area contributed by atoms with Gasteiger partial charge >= 0.3 is 0 Å². The Hall–Kier alpha value is -4.00. The molecule has 1 aliphatic rings. The van der Waals surface area contributed by atoms with Gasteiger partial charge in [-0.05, 0) is 62.1 Å². The van der Waals surface area contributed by atoms with Crippen LogP contribution >= 0.6 is 0 Å². The molecule has 1 amide bonds. The molecule has 0 fully saturated rings. The maximum Gasteiger partial charge on any atom is 0.272 e. The van der Waals surface area contributed by atoms with Crippen LogP contribution in [-0.2, 0) is 19.4 Å². The summed E-state index contributed by atoms with van der Waals surface area (Å²) in [5.41, 5.74) is 4.51. The van der Waals surface area contributed by atoms with E-state index in [2.05, 4.69) is 15.4 Å². The zero-order chi connectivity index (χ0) is 23.5. The molecule has 0 bridgehead atoms. The van der Waals surface area contributed by atoms with Crippen molar-refractivity contribution in [1.82, 2.24) is 20.1 Å². The highest BCUT2D eigenvalue weighted by atomic mass is 19.1. The van der Waals surface area contributed by atoms with Gasteiger partial charge in [-0.2, -0.15) is 5.10 Å². The first-order valence-corrected chi connectivity index (χ1v) is 11.4. The number of carbonyl (C=O) groups excluding carboxylic acids is 1. The van der Waals surface area contributed by atoms with Gasteiger partial charge in [0.15, 0.2) is 5.69 Å². The van der Waals surface area contributed by atoms with E-state index >= 15 is 0 Å². The molecule has 0 aliphatic heterocycles. The number of rotatable bonds is 7. The number of benzene rings is 2. The summed E-state index contributed by atoms with van der Waals surface area (Å²) >= 11 is 0. The summed E-state index contributed by atoms with van der Waals surface area (Å²) in [6.07, 6.45) is 5.98. The fourth-order valence-electron chi connectivity index (χ4n) is 4.29. The Morgan fingerprint density at radius 2 is 1.94 bits per heavy atom. The van der Waals surface area contributed by atoms with Gasteiger partial charge in [0.25, 0.3) is 5.91 Å². The molecule has 2 heterocycles. The second-order valence-electron chi connectivity index (χ2n) is 8.40. The Bertz CT molecular complexity index is 1300. The largest absolute Gasteiger partial charge is 0.489 e. The Kier molecular flexibility index (Phi) is 6.08. The first-order valence-electron chi connectivity index (χ1n) is 11.4. The van der Waals surface area contributed by atoms with E-state index in [9.17, 15) is 9.18 Å². The highest BCUT2D eigenvalue weighted by Gasteiger charge is 2.28. The zero-order valence-electron chi connectivity index (χ0n) is 18.9. The van der Waals surface area contributed by atoms with Crippen LogP contribution < -0.4 is 10.1 Å². The summed E-state index contributed by atoms with van der Waals surface area (Å²) in [4.78, 5) is 17.2. The fraction of sp³-hybridized carbons (Fsp3) is 0.222. The first kappa shape index (κ1) is 21.8. The minimum absolute atomic E-state index is 0.226. The van der Waals surface area contributed by atoms with Crippen LogP contribution in [-0.4, -0.2) is 20.7 Å². The van der Waals surface area contributed by atoms with E-state index in [0.29, 0.717) is 18.0 Å². The molecule has 1 atom stereocenters. The molecule has 5 rings (SSSR count). The van der Waals surface area contributed by atoms with Crippen LogP contribution in [0.4, 0.5) is 4.39 Å². The van der Waals surface area contributed by atoms with Gasteiger partial charge in [-0.25, -0.2) is 9.07 Å². The van der Waals surface area contributed by atoms with Gasteiger partial charge < -0.3 is 10.1 Å². The quantitative estimate of drug-likeness (QED) is 0.427. The van der Waals surface area contributed by atoms with E-state index < -0.39 is 0 Å². The van der Waals surface area contributed by atoms with Gasteiger partial charge in [-0.3, -0.25) is 9.78 Å². The summed E-state index contributed by atoms with van der Waals surface area (Å²) in [6, 6.07) is 17.8. The summed E-state index contributed by atoms with van der Waals surface area (Å²) < 4.78 is 21.8. The normalized spacial score (nSPS) is 13.4. The zero-order valence-corrected chi connectivity index (χ0v) is 18.9. The number of nitrogens with zero attached hydrogens (tertiary/aromatic N) is 3. The third-order valence-electron chi connectivity index (χ3n) is 6.08. The second kappa shape index (κ2) is 9.47. The molecule has 1 aliphatic carbocycles. The molecule has 4 aromatic rings. The van der Waals surface area contributed by atoms with E-state index in [1.165, 1.54) is 6.07 Å². The van der Waals surface area contributed by atoms with Crippen LogP contribution in [0.5, 0.6) is 5.75 Å². The van der Waals surface area contributed by atoms with Crippen LogP contribution in [0.15, 0.2) is 73.1 Å². The molecule has 2 aromatic heterocycles. The van der Waals surface area contributed by atoms with Crippen molar-refractivity contribution in [3.63, 3.8) is 0 Å². The molecule has 2 aromatic carbocycles. The van der Waals surface area contributed by atoms with Gasteiger partial charge in [-0.15, -0.1) is 0 Å². The SMILES string of the molecule is CC(NC(=O)c1nn(-c2ccccc2F)c2c1CCC2)c1ccc(OCc2cccnc2)cc1. The number of hydrogen-bond donors (Lipinski definition) is 1. The van der Waals surface area contributed by atoms with Crippen LogP contribution in [0.3, 0.4) is 0 Å². The minimum atomic E-state index is -0.356. The Balaban J connectivity index is 1.28. The Morgan fingerprint density at radius 3 is 2.71 bits per heavy atom. The minimum Gasteiger partial charge on any atom is -0.489 e. The number of ether oxygens (including phenoxy) is 1. The van der Waals surface area contributed by atoms with Gasteiger partial charge in [0, 0.05) is 29.2 Å². The highest BCUT2D eigenvalue weighted by Crippen LogP contribution is 2.29. The third kappa shape index (κ3) is 4.41. The molecule has 34 heavy (non-hydrogen) atoms. The molecule has 1 N–H and O–H groups in total. The van der Waals surface area contributed by atoms with Crippen molar-refractivity contribution in [2.24, 2.45) is 0 Å². The van der Waals surface area contributed by atoms with Crippen molar-refractivity contribution in [2.45, 2.75) is 38.8 Å². The maximum atomic E-state index is 14.4. The standard InChI is InChI=1S/C27H25FN4O2/c1-18(20-11-13-21(14-12-20)34-17-19-6-5-15-29-16-19)30-27(33)26-22-7-4-10-24(22)32(31-26)25-9-3-2-8-23(25)28/h2-3,5-6,8-9,11-16,18H,4,7,10,17H2,1H3,(H,30,33). The van der Waals surface area contributed by atoms with Crippen molar-refractivity contribution >= 4 is 5.91 Å². The van der Waals surface area contributed by atoms with E-state index in [-0.39, 0.29) is 17.8 Å². The molecular weight excluding hydrogens is 431 g/mol. The van der Waals surface area contributed by atoms with E-state index in [4.69, 9.17) is 4.74 Å².